The highest BCUT2D eigenvalue weighted by molar-refractivity contribution is 7.98. The second-order valence-corrected chi connectivity index (χ2v) is 27.1. The predicted octanol–water partition coefficient (Wildman–Crippen LogP) is 3.08. The van der Waals surface area contributed by atoms with Crippen molar-refractivity contribution in [2.75, 3.05) is 38.2 Å². The Morgan fingerprint density at radius 3 is 2.07 bits per heavy atom. The van der Waals surface area contributed by atoms with Gasteiger partial charge in [-0.3, -0.25) is 52.7 Å². The standard InChI is InChI=1S/C70H83FN14O13S2/c1-84-59(27-44-33-75-51-11-3-2-10-49(44)51)69(97)82-54(26-43-32-76-52-19-16-46(71)29-50(43)52)66(94)81-56(31-63(90)91)68(96)80-55(30-47-34-74-39-78-47)67(95)83-57(25-40-14-17-48(86)18-15-40)70(98)85-22-7-13-58(85)60(87)28-45(64(73)92)38-100-37-42-9-6-8-41(24-42)36-99-23-20-61(88)79-53(12-4-5-21-72)65(93)77-35-62(84)89/h2-3,6,8-11,14-19,24,29,32-34,39,45,53-59,75-76,86H,4-5,7,12-13,20-23,25-28,30-31,35-38,72H2,1H3,(H2,73,92)(H,74,78)(H,77,93)(H,79,88)(H,80,96)(H,81,94)(H,82,97)(H,83,95)(H,90,91)/t45-,53-,54-,55-,56-,57-,58-,59-/m0/s1. The summed E-state index contributed by atoms with van der Waals surface area (Å²) in [5.41, 5.74) is 16.4. The van der Waals surface area contributed by atoms with Crippen LogP contribution in [0.3, 0.4) is 0 Å². The quantitative estimate of drug-likeness (QED) is 0.0656. The van der Waals surface area contributed by atoms with Gasteiger partial charge in [0.15, 0.2) is 5.78 Å². The van der Waals surface area contributed by atoms with Crippen LogP contribution >= 0.6 is 23.5 Å². The number of nitrogens with two attached hydrogens (primary N) is 2. The van der Waals surface area contributed by atoms with Crippen LogP contribution in [0, 0.1) is 11.7 Å². The number of carboxylic acids is 1. The highest BCUT2D eigenvalue weighted by atomic mass is 32.2. The molecule has 530 valence electrons. The molecule has 15 N–H and O–H groups in total. The molecule has 2 aliphatic rings. The van der Waals surface area contributed by atoms with E-state index in [2.05, 4.69) is 51.8 Å². The number of halogens is 1. The zero-order chi connectivity index (χ0) is 71.4. The fourth-order valence-electron chi connectivity index (χ4n) is 12.3. The lowest BCUT2D eigenvalue weighted by Gasteiger charge is -2.31. The number of carbonyl (C=O) groups is 11. The van der Waals surface area contributed by atoms with Gasteiger partial charge >= 0.3 is 5.97 Å². The van der Waals surface area contributed by atoms with E-state index >= 15 is 14.4 Å². The number of carboxylic acid groups (broad SMARTS) is 1. The third-order valence-electron chi connectivity index (χ3n) is 17.7. The summed E-state index contributed by atoms with van der Waals surface area (Å²) in [6.45, 7) is -0.243. The molecule has 0 saturated carbocycles. The summed E-state index contributed by atoms with van der Waals surface area (Å²) >= 11 is 2.89. The number of nitrogens with zero attached hydrogens (tertiary/aromatic N) is 3. The lowest BCUT2D eigenvalue weighted by molar-refractivity contribution is -0.143. The van der Waals surface area contributed by atoms with Crippen LogP contribution in [0.15, 0.2) is 116 Å². The van der Waals surface area contributed by atoms with E-state index in [4.69, 9.17) is 11.5 Å². The molecule has 8 atom stereocenters. The number of nitrogens with one attached hydrogen (secondary N) is 9. The summed E-state index contributed by atoms with van der Waals surface area (Å²) in [6, 6.07) is 14.2. The first kappa shape index (κ1) is 74.2. The number of hydrogen-bond donors (Lipinski definition) is 13. The van der Waals surface area contributed by atoms with Crippen LogP contribution < -0.4 is 43.4 Å². The minimum Gasteiger partial charge on any atom is -0.508 e. The first-order valence-corrected chi connectivity index (χ1v) is 35.3. The topological polar surface area (TPSA) is 419 Å². The van der Waals surface area contributed by atoms with E-state index in [-0.39, 0.29) is 68.7 Å². The average Bonchev–Trinajstić information content (AvgIpc) is 1.62. The maximum absolute atomic E-state index is 15.3. The molecule has 5 heterocycles. The molecule has 7 aromatic rings. The van der Waals surface area contributed by atoms with Crippen molar-refractivity contribution in [1.82, 2.24) is 61.6 Å². The lowest BCUT2D eigenvalue weighted by atomic mass is 9.97. The van der Waals surface area contributed by atoms with Crippen LogP contribution in [0.25, 0.3) is 21.8 Å². The van der Waals surface area contributed by atoms with Gasteiger partial charge in [0.05, 0.1) is 31.3 Å². The number of aliphatic carboxylic acids is 1. The maximum atomic E-state index is 15.3. The van der Waals surface area contributed by atoms with Crippen molar-refractivity contribution < 1.29 is 67.3 Å². The first-order valence-electron chi connectivity index (χ1n) is 33.0. The molecule has 30 heteroatoms. The van der Waals surface area contributed by atoms with Crippen LogP contribution in [0.5, 0.6) is 5.75 Å². The van der Waals surface area contributed by atoms with Crippen LogP contribution in [0.2, 0.25) is 0 Å². The Bertz CT molecular complexity index is 4080. The van der Waals surface area contributed by atoms with Gasteiger partial charge in [0, 0.05) is 121 Å². The zero-order valence-electron chi connectivity index (χ0n) is 55.1. The Kier molecular flexibility index (Phi) is 26.4. The normalized spacial score (nSPS) is 22.2. The van der Waals surface area contributed by atoms with Gasteiger partial charge in [-0.15, -0.1) is 0 Å². The molecule has 1 fully saturated rings. The van der Waals surface area contributed by atoms with Gasteiger partial charge in [0.25, 0.3) is 0 Å². The number of likely N-dealkylation sites (N-methyl/N-ethyl adjacent to an activating group) is 1. The SMILES string of the molecule is CN1C(=O)CNC(=O)[C@H](CCCCN)NC(=O)CCSCc2cccc(c2)CSC[C@@H](C(N)=O)CC(=O)[C@@H]2CCCN2C(=O)[C@H](Cc2ccc(O)cc2)NC(=O)[C@H](Cc2cnc[nH]2)NC(=O)[C@H](CC(=O)O)NC(=O)[C@H](Cc2c[nH]c3ccc(F)cc23)NC(=O)[C@@H]1Cc1c[nH]c2ccccc12. The van der Waals surface area contributed by atoms with Gasteiger partial charge in [0.1, 0.15) is 47.8 Å². The molecular weight excluding hydrogens is 1330 g/mol. The largest absolute Gasteiger partial charge is 0.508 e. The summed E-state index contributed by atoms with van der Waals surface area (Å²) in [5, 5.41) is 37.5. The van der Waals surface area contributed by atoms with Crippen molar-refractivity contribution in [1.29, 1.82) is 0 Å². The number of aromatic nitrogens is 4. The molecule has 0 radical (unpaired) electrons. The number of carbonyl (C=O) groups excluding carboxylic acids is 10. The van der Waals surface area contributed by atoms with E-state index in [0.29, 0.717) is 81.6 Å². The number of para-hydroxylation sites is 1. The van der Waals surface area contributed by atoms with Crippen molar-refractivity contribution in [3.05, 3.63) is 155 Å². The minimum atomic E-state index is -2.00. The number of H-pyrrole nitrogens is 3. The Morgan fingerprint density at radius 1 is 0.690 bits per heavy atom. The van der Waals surface area contributed by atoms with Crippen molar-refractivity contribution in [2.45, 2.75) is 131 Å². The minimum absolute atomic E-state index is 0.0426. The molecule has 0 aliphatic carbocycles. The van der Waals surface area contributed by atoms with E-state index in [1.807, 2.05) is 24.3 Å². The molecule has 27 nitrogen and oxygen atoms in total. The molecular formula is C70H83FN14O13S2. The number of fused-ring (bicyclic) bond motifs is 5. The van der Waals surface area contributed by atoms with Crippen LogP contribution in [0.4, 0.5) is 4.39 Å². The van der Waals surface area contributed by atoms with Crippen molar-refractivity contribution in [3.8, 4) is 5.75 Å². The Hall–Kier alpha value is -10.1. The molecule has 4 aromatic carbocycles. The fourth-order valence-corrected chi connectivity index (χ4v) is 14.3. The number of aromatic hydroxyl groups is 1. The number of imidazole rings is 1. The smallest absolute Gasteiger partial charge is 0.305 e. The van der Waals surface area contributed by atoms with Crippen LogP contribution in [0.1, 0.15) is 84.9 Å². The number of primary amides is 1. The Labute approximate surface area is 583 Å². The number of phenols is 1. The Morgan fingerprint density at radius 2 is 1.36 bits per heavy atom. The van der Waals surface area contributed by atoms with Crippen LogP contribution in [-0.2, 0) is 89.9 Å². The lowest BCUT2D eigenvalue weighted by Crippen LogP contribution is -2.61. The van der Waals surface area contributed by atoms with Gasteiger partial charge in [-0.25, -0.2) is 9.37 Å². The van der Waals surface area contributed by atoms with Gasteiger partial charge in [-0.05, 0) is 103 Å². The summed E-state index contributed by atoms with van der Waals surface area (Å²) in [5.74, 6) is -9.63. The molecule has 9 rings (SSSR count). The van der Waals surface area contributed by atoms with Gasteiger partial charge in [-0.1, -0.05) is 54.6 Å². The molecule has 2 bridgehead atoms. The maximum Gasteiger partial charge on any atom is 0.305 e. The highest BCUT2D eigenvalue weighted by Crippen LogP contribution is 2.28. The van der Waals surface area contributed by atoms with Crippen LogP contribution in [-0.4, -0.2) is 185 Å². The monoisotopic (exact) mass is 1410 g/mol. The highest BCUT2D eigenvalue weighted by Gasteiger charge is 2.41. The number of unbranched alkanes of at least 4 members (excludes halogenated alkanes) is 1. The number of rotatable bonds is 15. The number of Topliss-reactive ketones (excluding diaryl/α,β-unsaturated/α-hetero) is 1. The summed E-state index contributed by atoms with van der Waals surface area (Å²) in [4.78, 5) is 173. The second-order valence-electron chi connectivity index (χ2n) is 25.0. The molecule has 3 aromatic heterocycles. The van der Waals surface area contributed by atoms with E-state index < -0.39 is 138 Å². The number of ketones is 1. The fraction of sp³-hybridized carbons (Fsp3) is 0.400. The van der Waals surface area contributed by atoms with Gasteiger partial charge in [0.2, 0.25) is 53.2 Å². The van der Waals surface area contributed by atoms with E-state index in [1.54, 1.807) is 30.5 Å². The molecule has 0 unspecified atom stereocenters. The molecule has 9 amide bonds. The second kappa shape index (κ2) is 35.6. The van der Waals surface area contributed by atoms with E-state index in [1.165, 1.54) is 96.7 Å². The summed E-state index contributed by atoms with van der Waals surface area (Å²) < 4.78 is 15.0. The Balaban J connectivity index is 1.06. The third kappa shape index (κ3) is 20.5. The van der Waals surface area contributed by atoms with Crippen molar-refractivity contribution in [2.24, 2.45) is 17.4 Å². The third-order valence-corrected chi connectivity index (χ3v) is 19.9. The van der Waals surface area contributed by atoms with Gasteiger partial charge in [-0.2, -0.15) is 23.5 Å². The number of aromatic amines is 3. The van der Waals surface area contributed by atoms with Gasteiger partial charge < -0.3 is 78.3 Å². The average molecular weight is 1410 g/mol. The predicted molar refractivity (Wildman–Crippen MR) is 373 cm³/mol. The number of benzene rings is 4. The number of hydrogen-bond acceptors (Lipinski definition) is 16. The zero-order valence-corrected chi connectivity index (χ0v) is 56.7. The first-order chi connectivity index (χ1) is 48.1. The molecule has 2 aliphatic heterocycles. The van der Waals surface area contributed by atoms with E-state index in [9.17, 15) is 53.0 Å². The molecule has 1 saturated heterocycles. The molecule has 0 spiro atoms. The number of phenolic OH excluding ortho intramolecular Hbond substituents is 1. The number of amides is 9. The summed E-state index contributed by atoms with van der Waals surface area (Å²) in [7, 11) is 1.33. The van der Waals surface area contributed by atoms with Crippen molar-refractivity contribution >= 4 is 110 Å². The summed E-state index contributed by atoms with van der Waals surface area (Å²) in [6.07, 6.45) is 5.11. The van der Waals surface area contributed by atoms with Crippen molar-refractivity contribution in [3.63, 3.8) is 0 Å². The van der Waals surface area contributed by atoms with E-state index in [0.717, 1.165) is 16.0 Å². The number of thioether (sulfide) groups is 2. The molecule has 100 heavy (non-hydrogen) atoms.